The summed E-state index contributed by atoms with van der Waals surface area (Å²) in [6, 6.07) is 10.1. The van der Waals surface area contributed by atoms with Gasteiger partial charge in [-0.3, -0.25) is 9.59 Å². The van der Waals surface area contributed by atoms with Crippen LogP contribution in [-0.2, 0) is 16.1 Å². The maximum Gasteiger partial charge on any atom is 0.328 e. The lowest BCUT2D eigenvalue weighted by molar-refractivity contribution is -0.144. The van der Waals surface area contributed by atoms with Gasteiger partial charge >= 0.3 is 5.97 Å². The number of amides is 1. The van der Waals surface area contributed by atoms with E-state index >= 15 is 0 Å². The molecule has 6 nitrogen and oxygen atoms in total. The lowest BCUT2D eigenvalue weighted by Crippen LogP contribution is -2.46. The number of aromatic nitrogens is 1. The van der Waals surface area contributed by atoms with Gasteiger partial charge in [-0.25, -0.2) is 4.79 Å². The van der Waals surface area contributed by atoms with Crippen molar-refractivity contribution in [2.24, 2.45) is 5.92 Å². The van der Waals surface area contributed by atoms with Crippen LogP contribution in [0.25, 0.3) is 0 Å². The van der Waals surface area contributed by atoms with E-state index in [9.17, 15) is 14.4 Å². The smallest absolute Gasteiger partial charge is 0.328 e. The average Bonchev–Trinajstić information content (AvgIpc) is 2.60. The number of benzene rings is 1. The first-order valence-electron chi connectivity index (χ1n) is 8.47. The van der Waals surface area contributed by atoms with Crippen molar-refractivity contribution in [3.63, 3.8) is 0 Å². The molecule has 1 atom stereocenters. The molecule has 1 aromatic heterocycles. The molecular weight excluding hydrogens is 332 g/mol. The number of methoxy groups -OCH3 is 1. The van der Waals surface area contributed by atoms with Crippen molar-refractivity contribution in [2.45, 2.75) is 33.4 Å². The molecule has 0 bridgehead atoms. The first-order chi connectivity index (χ1) is 12.3. The van der Waals surface area contributed by atoms with Crippen LogP contribution in [0.2, 0.25) is 0 Å². The SMILES string of the molecule is COC(=O)C(NC(=O)c1cccn(Cc2cccc(C)c2)c1=O)C(C)C. The van der Waals surface area contributed by atoms with E-state index in [1.165, 1.54) is 17.7 Å². The zero-order valence-corrected chi connectivity index (χ0v) is 15.5. The fourth-order valence-electron chi connectivity index (χ4n) is 2.69. The van der Waals surface area contributed by atoms with Crippen LogP contribution in [-0.4, -0.2) is 29.6 Å². The number of nitrogens with one attached hydrogen (secondary N) is 1. The molecule has 0 spiro atoms. The van der Waals surface area contributed by atoms with Gasteiger partial charge in [0.2, 0.25) is 0 Å². The van der Waals surface area contributed by atoms with E-state index in [-0.39, 0.29) is 11.5 Å². The van der Waals surface area contributed by atoms with Crippen molar-refractivity contribution >= 4 is 11.9 Å². The zero-order valence-electron chi connectivity index (χ0n) is 15.5. The Bertz CT molecular complexity index is 855. The molecule has 0 fully saturated rings. The number of nitrogens with zero attached hydrogens (tertiary/aromatic N) is 1. The van der Waals surface area contributed by atoms with Crippen molar-refractivity contribution in [2.75, 3.05) is 7.11 Å². The Morgan fingerprint density at radius 2 is 1.92 bits per heavy atom. The van der Waals surface area contributed by atoms with Crippen molar-refractivity contribution < 1.29 is 14.3 Å². The molecule has 1 aromatic carbocycles. The fraction of sp³-hybridized carbons (Fsp3) is 0.350. The number of hydrogen-bond acceptors (Lipinski definition) is 4. The fourth-order valence-corrected chi connectivity index (χ4v) is 2.69. The highest BCUT2D eigenvalue weighted by atomic mass is 16.5. The van der Waals surface area contributed by atoms with Crippen LogP contribution in [0, 0.1) is 12.8 Å². The van der Waals surface area contributed by atoms with Gasteiger partial charge < -0.3 is 14.6 Å². The average molecular weight is 356 g/mol. The summed E-state index contributed by atoms with van der Waals surface area (Å²) in [4.78, 5) is 37.0. The molecule has 1 heterocycles. The van der Waals surface area contributed by atoms with E-state index in [1.54, 1.807) is 26.1 Å². The third-order valence-corrected chi connectivity index (χ3v) is 4.11. The molecule has 0 saturated heterocycles. The topological polar surface area (TPSA) is 77.4 Å². The number of esters is 1. The first-order valence-corrected chi connectivity index (χ1v) is 8.47. The molecule has 138 valence electrons. The molecule has 0 saturated carbocycles. The summed E-state index contributed by atoms with van der Waals surface area (Å²) >= 11 is 0. The molecule has 0 aliphatic rings. The highest BCUT2D eigenvalue weighted by Crippen LogP contribution is 2.07. The number of pyridine rings is 1. The van der Waals surface area contributed by atoms with Crippen molar-refractivity contribution in [3.8, 4) is 0 Å². The number of aryl methyl sites for hydroxylation is 1. The van der Waals surface area contributed by atoms with Crippen LogP contribution in [0.3, 0.4) is 0 Å². The van der Waals surface area contributed by atoms with E-state index in [1.807, 2.05) is 31.2 Å². The number of carbonyl (C=O) groups is 2. The van der Waals surface area contributed by atoms with E-state index in [0.717, 1.165) is 11.1 Å². The van der Waals surface area contributed by atoms with Gasteiger partial charge in [-0.15, -0.1) is 0 Å². The maximum absolute atomic E-state index is 12.7. The lowest BCUT2D eigenvalue weighted by atomic mass is 10.0. The Morgan fingerprint density at radius 3 is 2.54 bits per heavy atom. The van der Waals surface area contributed by atoms with Gasteiger partial charge in [-0.1, -0.05) is 43.7 Å². The number of hydrogen-bond donors (Lipinski definition) is 1. The molecule has 2 aromatic rings. The summed E-state index contributed by atoms with van der Waals surface area (Å²) in [7, 11) is 1.27. The van der Waals surface area contributed by atoms with Crippen LogP contribution >= 0.6 is 0 Å². The third kappa shape index (κ3) is 4.59. The van der Waals surface area contributed by atoms with Crippen LogP contribution in [0.1, 0.15) is 35.3 Å². The van der Waals surface area contributed by atoms with E-state index < -0.39 is 23.5 Å². The Kier molecular flexibility index (Phi) is 6.33. The maximum atomic E-state index is 12.7. The Hall–Kier alpha value is -2.89. The second-order valence-electron chi connectivity index (χ2n) is 6.56. The summed E-state index contributed by atoms with van der Waals surface area (Å²) in [6.07, 6.45) is 1.64. The van der Waals surface area contributed by atoms with Gasteiger partial charge in [0.15, 0.2) is 0 Å². The minimum atomic E-state index is -0.808. The molecule has 2 rings (SSSR count). The predicted octanol–water partition coefficient (Wildman–Crippen LogP) is 2.13. The summed E-state index contributed by atoms with van der Waals surface area (Å²) < 4.78 is 6.20. The normalized spacial score (nSPS) is 11.9. The molecule has 1 amide bonds. The molecule has 0 aliphatic heterocycles. The third-order valence-electron chi connectivity index (χ3n) is 4.11. The molecular formula is C20H24N2O4. The summed E-state index contributed by atoms with van der Waals surface area (Å²) in [5, 5.41) is 2.60. The molecule has 1 unspecified atom stereocenters. The van der Waals surface area contributed by atoms with Gasteiger partial charge in [0.05, 0.1) is 13.7 Å². The molecule has 6 heteroatoms. The zero-order chi connectivity index (χ0) is 19.3. The standard InChI is InChI=1S/C20H24N2O4/c1-13(2)17(20(25)26-4)21-18(23)16-9-6-10-22(19(16)24)12-15-8-5-7-14(3)11-15/h5-11,13,17H,12H2,1-4H3,(H,21,23). The highest BCUT2D eigenvalue weighted by molar-refractivity contribution is 5.96. The minimum absolute atomic E-state index is 0.00490. The summed E-state index contributed by atoms with van der Waals surface area (Å²) in [5.74, 6) is -1.29. The molecule has 1 N–H and O–H groups in total. The highest BCUT2D eigenvalue weighted by Gasteiger charge is 2.26. The van der Waals surface area contributed by atoms with Crippen molar-refractivity contribution in [3.05, 3.63) is 69.6 Å². The van der Waals surface area contributed by atoms with E-state index in [2.05, 4.69) is 5.32 Å². The molecule has 0 radical (unpaired) electrons. The number of ether oxygens (including phenoxy) is 1. The number of carbonyl (C=O) groups excluding carboxylic acids is 2. The van der Waals surface area contributed by atoms with E-state index in [0.29, 0.717) is 6.54 Å². The van der Waals surface area contributed by atoms with Crippen LogP contribution in [0.4, 0.5) is 0 Å². The van der Waals surface area contributed by atoms with Gasteiger partial charge in [-0.05, 0) is 30.5 Å². The van der Waals surface area contributed by atoms with Gasteiger partial charge in [0, 0.05) is 6.20 Å². The van der Waals surface area contributed by atoms with Crippen LogP contribution in [0.15, 0.2) is 47.4 Å². The molecule has 26 heavy (non-hydrogen) atoms. The monoisotopic (exact) mass is 356 g/mol. The second-order valence-corrected chi connectivity index (χ2v) is 6.56. The van der Waals surface area contributed by atoms with E-state index in [4.69, 9.17) is 4.74 Å². The summed E-state index contributed by atoms with van der Waals surface area (Å²) in [6.45, 7) is 5.94. The second kappa shape index (κ2) is 8.47. The lowest BCUT2D eigenvalue weighted by Gasteiger charge is -2.19. The Balaban J connectivity index is 2.26. The van der Waals surface area contributed by atoms with Gasteiger partial charge in [0.1, 0.15) is 11.6 Å². The van der Waals surface area contributed by atoms with Crippen LogP contribution in [0.5, 0.6) is 0 Å². The predicted molar refractivity (Wildman–Crippen MR) is 99.1 cm³/mol. The Labute approximate surface area is 152 Å². The summed E-state index contributed by atoms with van der Waals surface area (Å²) in [5.41, 5.74) is 1.66. The van der Waals surface area contributed by atoms with Crippen molar-refractivity contribution in [1.82, 2.24) is 9.88 Å². The van der Waals surface area contributed by atoms with Crippen LogP contribution < -0.4 is 10.9 Å². The Morgan fingerprint density at radius 1 is 1.19 bits per heavy atom. The molecule has 0 aliphatic carbocycles. The van der Waals surface area contributed by atoms with Gasteiger partial charge in [0.25, 0.3) is 11.5 Å². The largest absolute Gasteiger partial charge is 0.467 e. The first kappa shape index (κ1) is 19.4. The van der Waals surface area contributed by atoms with Crippen molar-refractivity contribution in [1.29, 1.82) is 0 Å². The quantitative estimate of drug-likeness (QED) is 0.805. The minimum Gasteiger partial charge on any atom is -0.467 e. The number of rotatable bonds is 6. The van der Waals surface area contributed by atoms with Gasteiger partial charge in [-0.2, -0.15) is 0 Å².